The molecule has 1 aromatic rings. The summed E-state index contributed by atoms with van der Waals surface area (Å²) < 4.78 is 5.70. The number of hydrogen-bond acceptors (Lipinski definition) is 3. The van der Waals surface area contributed by atoms with Crippen LogP contribution >= 0.6 is 0 Å². The van der Waals surface area contributed by atoms with Crippen molar-refractivity contribution >= 4 is 5.96 Å². The standard InChI is InChI=1S/C19H30N4O/c1-4-13-24-18-11-7-6-9-16(18)14-21-19(20-5-2)22-15-17-10-8-12-23(17)3/h4,6-7,9,11,17H,1,5,8,10,12-15H2,2-3H3,(H2,20,21,22). The molecular formula is C19H30N4O. The number of nitrogens with zero attached hydrogens (tertiary/aromatic N) is 2. The fourth-order valence-corrected chi connectivity index (χ4v) is 2.88. The molecular weight excluding hydrogens is 300 g/mol. The zero-order valence-electron chi connectivity index (χ0n) is 14.9. The van der Waals surface area contributed by atoms with E-state index in [0.29, 0.717) is 19.2 Å². The molecule has 1 aromatic carbocycles. The number of likely N-dealkylation sites (tertiary alicyclic amines) is 1. The van der Waals surface area contributed by atoms with Crippen LogP contribution in [0.2, 0.25) is 0 Å². The Kier molecular flexibility index (Phi) is 7.62. The summed E-state index contributed by atoms with van der Waals surface area (Å²) in [6, 6.07) is 8.61. The molecule has 1 aliphatic rings. The molecule has 132 valence electrons. The fraction of sp³-hybridized carbons (Fsp3) is 0.526. The maximum absolute atomic E-state index is 5.70. The van der Waals surface area contributed by atoms with Gasteiger partial charge in [-0.05, 0) is 39.4 Å². The van der Waals surface area contributed by atoms with Gasteiger partial charge in [-0.3, -0.25) is 0 Å². The Balaban J connectivity index is 1.96. The quantitative estimate of drug-likeness (QED) is 0.437. The Morgan fingerprint density at radius 1 is 1.42 bits per heavy atom. The molecule has 0 spiro atoms. The number of ether oxygens (including phenoxy) is 1. The lowest BCUT2D eigenvalue weighted by atomic mass is 10.2. The van der Waals surface area contributed by atoms with Crippen LogP contribution in [0.5, 0.6) is 5.75 Å². The van der Waals surface area contributed by atoms with Crippen molar-refractivity contribution in [1.82, 2.24) is 15.5 Å². The smallest absolute Gasteiger partial charge is 0.191 e. The molecule has 24 heavy (non-hydrogen) atoms. The number of para-hydroxylation sites is 1. The average molecular weight is 330 g/mol. The largest absolute Gasteiger partial charge is 0.489 e. The zero-order valence-corrected chi connectivity index (χ0v) is 14.9. The van der Waals surface area contributed by atoms with Gasteiger partial charge in [0.25, 0.3) is 0 Å². The van der Waals surface area contributed by atoms with E-state index in [4.69, 9.17) is 9.73 Å². The van der Waals surface area contributed by atoms with Gasteiger partial charge >= 0.3 is 0 Å². The Morgan fingerprint density at radius 2 is 2.25 bits per heavy atom. The van der Waals surface area contributed by atoms with E-state index in [-0.39, 0.29) is 0 Å². The summed E-state index contributed by atoms with van der Waals surface area (Å²) in [5.41, 5.74) is 1.08. The van der Waals surface area contributed by atoms with Gasteiger partial charge in [-0.2, -0.15) is 0 Å². The molecule has 0 radical (unpaired) electrons. The first kappa shape index (κ1) is 18.3. The molecule has 5 heteroatoms. The molecule has 5 nitrogen and oxygen atoms in total. The molecule has 0 aromatic heterocycles. The highest BCUT2D eigenvalue weighted by Gasteiger charge is 2.20. The summed E-state index contributed by atoms with van der Waals surface area (Å²) in [5.74, 6) is 1.73. The zero-order chi connectivity index (χ0) is 17.2. The van der Waals surface area contributed by atoms with Gasteiger partial charge in [-0.15, -0.1) is 0 Å². The SMILES string of the molecule is C=CCOc1ccccc1CN=C(NCC)NCC1CCCN1C. The Labute approximate surface area is 145 Å². The average Bonchev–Trinajstić information content (AvgIpc) is 3.01. The monoisotopic (exact) mass is 330 g/mol. The van der Waals surface area contributed by atoms with E-state index in [2.05, 4.69) is 42.2 Å². The highest BCUT2D eigenvalue weighted by Crippen LogP contribution is 2.19. The van der Waals surface area contributed by atoms with Crippen LogP contribution < -0.4 is 15.4 Å². The van der Waals surface area contributed by atoms with E-state index >= 15 is 0 Å². The van der Waals surface area contributed by atoms with Crippen LogP contribution in [0, 0.1) is 0 Å². The Bertz CT molecular complexity index is 544. The minimum atomic E-state index is 0.507. The predicted molar refractivity (Wildman–Crippen MR) is 101 cm³/mol. The molecule has 1 aliphatic heterocycles. The van der Waals surface area contributed by atoms with E-state index < -0.39 is 0 Å². The van der Waals surface area contributed by atoms with Crippen molar-refractivity contribution in [3.63, 3.8) is 0 Å². The molecule has 1 unspecified atom stereocenters. The van der Waals surface area contributed by atoms with Crippen LogP contribution in [0.1, 0.15) is 25.3 Å². The van der Waals surface area contributed by atoms with E-state index in [9.17, 15) is 0 Å². The highest BCUT2D eigenvalue weighted by atomic mass is 16.5. The summed E-state index contributed by atoms with van der Waals surface area (Å²) in [6.45, 7) is 9.84. The van der Waals surface area contributed by atoms with Crippen LogP contribution in [0.25, 0.3) is 0 Å². The van der Waals surface area contributed by atoms with E-state index in [1.54, 1.807) is 6.08 Å². The van der Waals surface area contributed by atoms with Gasteiger partial charge in [-0.25, -0.2) is 4.99 Å². The number of benzene rings is 1. The van der Waals surface area contributed by atoms with Gasteiger partial charge in [0.15, 0.2) is 5.96 Å². The minimum absolute atomic E-state index is 0.507. The molecule has 1 saturated heterocycles. The lowest BCUT2D eigenvalue weighted by molar-refractivity contribution is 0.309. The first-order chi connectivity index (χ1) is 11.7. The van der Waals surface area contributed by atoms with Crippen molar-refractivity contribution in [2.24, 2.45) is 4.99 Å². The van der Waals surface area contributed by atoms with Crippen LogP contribution in [-0.2, 0) is 6.54 Å². The molecule has 2 rings (SSSR count). The Hall–Kier alpha value is -2.01. The predicted octanol–water partition coefficient (Wildman–Crippen LogP) is 2.40. The van der Waals surface area contributed by atoms with E-state index in [0.717, 1.165) is 30.4 Å². The maximum Gasteiger partial charge on any atom is 0.191 e. The molecule has 1 fully saturated rings. The number of likely N-dealkylation sites (N-methyl/N-ethyl adjacent to an activating group) is 1. The number of aliphatic imine (C=N–C) groups is 1. The molecule has 0 saturated carbocycles. The number of hydrogen-bond donors (Lipinski definition) is 2. The first-order valence-electron chi connectivity index (χ1n) is 8.78. The first-order valence-corrected chi connectivity index (χ1v) is 8.78. The van der Waals surface area contributed by atoms with Gasteiger partial charge in [-0.1, -0.05) is 30.9 Å². The second kappa shape index (κ2) is 9.98. The summed E-state index contributed by atoms with van der Waals surface area (Å²) in [6.07, 6.45) is 4.29. The fourth-order valence-electron chi connectivity index (χ4n) is 2.88. The van der Waals surface area contributed by atoms with Crippen molar-refractivity contribution < 1.29 is 4.74 Å². The Morgan fingerprint density at radius 3 is 2.96 bits per heavy atom. The van der Waals surface area contributed by atoms with Gasteiger partial charge < -0.3 is 20.3 Å². The highest BCUT2D eigenvalue weighted by molar-refractivity contribution is 5.79. The molecule has 2 N–H and O–H groups in total. The third kappa shape index (κ3) is 5.57. The number of rotatable bonds is 8. The molecule has 0 aliphatic carbocycles. The normalized spacial score (nSPS) is 18.4. The minimum Gasteiger partial charge on any atom is -0.489 e. The third-order valence-corrected chi connectivity index (χ3v) is 4.26. The van der Waals surface area contributed by atoms with Crippen LogP contribution in [0.4, 0.5) is 0 Å². The topological polar surface area (TPSA) is 48.9 Å². The van der Waals surface area contributed by atoms with E-state index in [1.165, 1.54) is 19.4 Å². The van der Waals surface area contributed by atoms with E-state index in [1.807, 2.05) is 18.2 Å². The van der Waals surface area contributed by atoms with Gasteiger partial charge in [0, 0.05) is 24.7 Å². The molecule has 1 heterocycles. The lowest BCUT2D eigenvalue weighted by Gasteiger charge is -2.21. The van der Waals surface area contributed by atoms with Crippen molar-refractivity contribution in [3.05, 3.63) is 42.5 Å². The van der Waals surface area contributed by atoms with Crippen LogP contribution in [0.15, 0.2) is 41.9 Å². The molecule has 0 bridgehead atoms. The van der Waals surface area contributed by atoms with Crippen molar-refractivity contribution in [2.45, 2.75) is 32.4 Å². The van der Waals surface area contributed by atoms with Crippen LogP contribution in [0.3, 0.4) is 0 Å². The lowest BCUT2D eigenvalue weighted by Crippen LogP contribution is -2.44. The van der Waals surface area contributed by atoms with Crippen molar-refractivity contribution in [1.29, 1.82) is 0 Å². The number of nitrogens with one attached hydrogen (secondary N) is 2. The maximum atomic E-state index is 5.70. The van der Waals surface area contributed by atoms with Gasteiger partial charge in [0.05, 0.1) is 6.54 Å². The summed E-state index contributed by atoms with van der Waals surface area (Å²) >= 11 is 0. The van der Waals surface area contributed by atoms with Crippen molar-refractivity contribution in [2.75, 3.05) is 33.3 Å². The van der Waals surface area contributed by atoms with Crippen molar-refractivity contribution in [3.8, 4) is 5.75 Å². The second-order valence-electron chi connectivity index (χ2n) is 6.06. The van der Waals surface area contributed by atoms with Gasteiger partial charge in [0.1, 0.15) is 12.4 Å². The van der Waals surface area contributed by atoms with Gasteiger partial charge in [0.2, 0.25) is 0 Å². The summed E-state index contributed by atoms with van der Waals surface area (Å²) in [5, 5.41) is 6.78. The van der Waals surface area contributed by atoms with Crippen LogP contribution in [-0.4, -0.2) is 50.2 Å². The molecule has 0 amide bonds. The second-order valence-corrected chi connectivity index (χ2v) is 6.06. The third-order valence-electron chi connectivity index (χ3n) is 4.26. The number of guanidine groups is 1. The summed E-state index contributed by atoms with van der Waals surface area (Å²) in [7, 11) is 2.19. The molecule has 1 atom stereocenters. The summed E-state index contributed by atoms with van der Waals surface area (Å²) in [4.78, 5) is 7.12.